The lowest BCUT2D eigenvalue weighted by Gasteiger charge is -2.01. The molecule has 64 valence electrons. The summed E-state index contributed by atoms with van der Waals surface area (Å²) < 4.78 is 0. The van der Waals surface area contributed by atoms with E-state index in [0.717, 1.165) is 5.82 Å². The first-order valence-electron chi connectivity index (χ1n) is 3.90. The van der Waals surface area contributed by atoms with Crippen LogP contribution >= 0.6 is 0 Å². The van der Waals surface area contributed by atoms with Gasteiger partial charge in [-0.2, -0.15) is 5.26 Å². The molecule has 1 rings (SSSR count). The van der Waals surface area contributed by atoms with Crippen molar-refractivity contribution in [2.24, 2.45) is 0 Å². The van der Waals surface area contributed by atoms with Crippen molar-refractivity contribution < 1.29 is 0 Å². The van der Waals surface area contributed by atoms with E-state index in [1.54, 1.807) is 12.1 Å². The SMILES string of the molecule is C#CCCNc1ccc(C#N)cn1. The van der Waals surface area contributed by atoms with Crippen molar-refractivity contribution in [3.8, 4) is 18.4 Å². The lowest BCUT2D eigenvalue weighted by molar-refractivity contribution is 1.07. The molecule has 0 atom stereocenters. The van der Waals surface area contributed by atoms with Gasteiger partial charge in [0, 0.05) is 19.2 Å². The van der Waals surface area contributed by atoms with Crippen LogP contribution in [0, 0.1) is 23.7 Å². The number of rotatable bonds is 3. The Hall–Kier alpha value is -2.00. The van der Waals surface area contributed by atoms with Gasteiger partial charge in [-0.3, -0.25) is 0 Å². The second kappa shape index (κ2) is 4.79. The summed E-state index contributed by atoms with van der Waals surface area (Å²) in [5.41, 5.74) is 0.558. The predicted octanol–water partition coefficient (Wildman–Crippen LogP) is 1.39. The van der Waals surface area contributed by atoms with Gasteiger partial charge in [-0.05, 0) is 12.1 Å². The van der Waals surface area contributed by atoms with Crippen LogP contribution in [0.25, 0.3) is 0 Å². The second-order valence-corrected chi connectivity index (χ2v) is 2.42. The Kier molecular flexibility index (Phi) is 3.35. The highest BCUT2D eigenvalue weighted by atomic mass is 15.0. The minimum absolute atomic E-state index is 0.558. The van der Waals surface area contributed by atoms with Crippen molar-refractivity contribution in [2.45, 2.75) is 6.42 Å². The summed E-state index contributed by atoms with van der Waals surface area (Å²) in [7, 11) is 0. The molecule has 0 fully saturated rings. The van der Waals surface area contributed by atoms with Crippen LogP contribution in [0.3, 0.4) is 0 Å². The number of hydrogen-bond donors (Lipinski definition) is 1. The van der Waals surface area contributed by atoms with Crippen molar-refractivity contribution in [1.82, 2.24) is 4.98 Å². The number of terminal acetylenes is 1. The summed E-state index contributed by atoms with van der Waals surface area (Å²) >= 11 is 0. The van der Waals surface area contributed by atoms with Crippen LogP contribution in [0.1, 0.15) is 12.0 Å². The molecule has 0 bridgehead atoms. The van der Waals surface area contributed by atoms with Crippen molar-refractivity contribution in [1.29, 1.82) is 5.26 Å². The molecule has 0 saturated carbocycles. The molecule has 1 N–H and O–H groups in total. The van der Waals surface area contributed by atoms with Crippen LogP contribution in [0.2, 0.25) is 0 Å². The van der Waals surface area contributed by atoms with E-state index in [4.69, 9.17) is 11.7 Å². The van der Waals surface area contributed by atoms with Crippen molar-refractivity contribution in [3.05, 3.63) is 23.9 Å². The van der Waals surface area contributed by atoms with Gasteiger partial charge in [-0.1, -0.05) is 0 Å². The summed E-state index contributed by atoms with van der Waals surface area (Å²) in [6.07, 6.45) is 7.28. The Morgan fingerprint density at radius 2 is 2.38 bits per heavy atom. The van der Waals surface area contributed by atoms with Crippen LogP contribution in [-0.4, -0.2) is 11.5 Å². The van der Waals surface area contributed by atoms with Gasteiger partial charge in [0.25, 0.3) is 0 Å². The molecular formula is C10H9N3. The molecule has 0 amide bonds. The van der Waals surface area contributed by atoms with Gasteiger partial charge in [0.2, 0.25) is 0 Å². The van der Waals surface area contributed by atoms with Gasteiger partial charge >= 0.3 is 0 Å². The minimum Gasteiger partial charge on any atom is -0.369 e. The van der Waals surface area contributed by atoms with Crippen LogP contribution in [0.5, 0.6) is 0 Å². The minimum atomic E-state index is 0.558. The lowest BCUT2D eigenvalue weighted by atomic mass is 10.3. The topological polar surface area (TPSA) is 48.7 Å². The summed E-state index contributed by atoms with van der Waals surface area (Å²) in [6, 6.07) is 5.47. The van der Waals surface area contributed by atoms with Crippen molar-refractivity contribution in [2.75, 3.05) is 11.9 Å². The highest BCUT2D eigenvalue weighted by molar-refractivity contribution is 5.38. The zero-order valence-corrected chi connectivity index (χ0v) is 7.12. The maximum atomic E-state index is 8.51. The third-order valence-corrected chi connectivity index (χ3v) is 1.47. The number of nitrogens with zero attached hydrogens (tertiary/aromatic N) is 2. The van der Waals surface area contributed by atoms with E-state index in [0.29, 0.717) is 18.5 Å². The molecule has 1 aromatic heterocycles. The van der Waals surface area contributed by atoms with Crippen LogP contribution in [0.4, 0.5) is 5.82 Å². The van der Waals surface area contributed by atoms with Gasteiger partial charge in [0.05, 0.1) is 5.56 Å². The molecule has 13 heavy (non-hydrogen) atoms. The van der Waals surface area contributed by atoms with E-state index in [2.05, 4.69) is 16.2 Å². The van der Waals surface area contributed by atoms with Gasteiger partial charge in [-0.25, -0.2) is 4.98 Å². The molecule has 0 aliphatic heterocycles. The first-order valence-corrected chi connectivity index (χ1v) is 3.90. The molecule has 0 spiro atoms. The van der Waals surface area contributed by atoms with E-state index in [1.807, 2.05) is 6.07 Å². The first kappa shape index (κ1) is 9.09. The van der Waals surface area contributed by atoms with Crippen LogP contribution in [0.15, 0.2) is 18.3 Å². The molecular weight excluding hydrogens is 162 g/mol. The molecule has 0 aliphatic rings. The largest absolute Gasteiger partial charge is 0.369 e. The van der Waals surface area contributed by atoms with E-state index < -0.39 is 0 Å². The summed E-state index contributed by atoms with van der Waals surface area (Å²) in [5, 5.41) is 11.5. The number of pyridine rings is 1. The molecule has 0 unspecified atom stereocenters. The number of hydrogen-bond acceptors (Lipinski definition) is 3. The Bertz CT molecular complexity index is 340. The monoisotopic (exact) mass is 171 g/mol. The Labute approximate surface area is 77.4 Å². The molecule has 1 aromatic rings. The van der Waals surface area contributed by atoms with Gasteiger partial charge in [0.15, 0.2) is 0 Å². The zero-order valence-electron chi connectivity index (χ0n) is 7.12. The fourth-order valence-corrected chi connectivity index (χ4v) is 0.827. The molecule has 0 saturated heterocycles. The van der Waals surface area contributed by atoms with Gasteiger partial charge < -0.3 is 5.32 Å². The summed E-state index contributed by atoms with van der Waals surface area (Å²) in [5.74, 6) is 3.26. The summed E-state index contributed by atoms with van der Waals surface area (Å²) in [4.78, 5) is 4.02. The van der Waals surface area contributed by atoms with E-state index in [1.165, 1.54) is 6.20 Å². The molecule has 3 heteroatoms. The van der Waals surface area contributed by atoms with E-state index in [-0.39, 0.29) is 0 Å². The predicted molar refractivity (Wildman–Crippen MR) is 50.9 cm³/mol. The zero-order chi connectivity index (χ0) is 9.52. The van der Waals surface area contributed by atoms with E-state index >= 15 is 0 Å². The number of anilines is 1. The molecule has 3 nitrogen and oxygen atoms in total. The third-order valence-electron chi connectivity index (χ3n) is 1.47. The number of nitriles is 1. The van der Waals surface area contributed by atoms with Gasteiger partial charge in [0.1, 0.15) is 11.9 Å². The van der Waals surface area contributed by atoms with Gasteiger partial charge in [-0.15, -0.1) is 12.3 Å². The normalized spacial score (nSPS) is 8.46. The fourth-order valence-electron chi connectivity index (χ4n) is 0.827. The van der Waals surface area contributed by atoms with Crippen LogP contribution < -0.4 is 5.32 Å². The quantitative estimate of drug-likeness (QED) is 0.552. The maximum Gasteiger partial charge on any atom is 0.125 e. The Morgan fingerprint density at radius 1 is 1.54 bits per heavy atom. The number of nitrogens with one attached hydrogen (secondary N) is 1. The maximum absolute atomic E-state index is 8.51. The fraction of sp³-hybridized carbons (Fsp3) is 0.200. The van der Waals surface area contributed by atoms with Crippen molar-refractivity contribution in [3.63, 3.8) is 0 Å². The average Bonchev–Trinajstić information content (AvgIpc) is 2.19. The number of aromatic nitrogens is 1. The Morgan fingerprint density at radius 3 is 2.92 bits per heavy atom. The third kappa shape index (κ3) is 2.84. The highest BCUT2D eigenvalue weighted by Crippen LogP contribution is 2.03. The Balaban J connectivity index is 2.52. The lowest BCUT2D eigenvalue weighted by Crippen LogP contribution is -2.01. The van der Waals surface area contributed by atoms with Crippen molar-refractivity contribution >= 4 is 5.82 Å². The highest BCUT2D eigenvalue weighted by Gasteiger charge is 1.92. The molecule has 1 heterocycles. The van der Waals surface area contributed by atoms with E-state index in [9.17, 15) is 0 Å². The summed E-state index contributed by atoms with van der Waals surface area (Å²) in [6.45, 7) is 0.704. The smallest absolute Gasteiger partial charge is 0.125 e. The molecule has 0 aliphatic carbocycles. The standard InChI is InChI=1S/C10H9N3/c1-2-3-6-12-10-5-4-9(7-11)8-13-10/h1,4-5,8H,3,6H2,(H,12,13). The molecule has 0 radical (unpaired) electrons. The first-order chi connectivity index (χ1) is 6.36. The second-order valence-electron chi connectivity index (χ2n) is 2.42. The van der Waals surface area contributed by atoms with Crippen LogP contribution in [-0.2, 0) is 0 Å². The molecule has 0 aromatic carbocycles. The average molecular weight is 171 g/mol.